The molecular formula is C16H15N3O. The zero-order valence-corrected chi connectivity index (χ0v) is 10.9. The summed E-state index contributed by atoms with van der Waals surface area (Å²) in [5.74, 6) is 6.81. The van der Waals surface area contributed by atoms with Crippen LogP contribution in [0.25, 0.3) is 10.8 Å². The molecule has 0 bridgehead atoms. The van der Waals surface area contributed by atoms with Crippen LogP contribution in [0.2, 0.25) is 0 Å². The van der Waals surface area contributed by atoms with E-state index >= 15 is 0 Å². The van der Waals surface area contributed by atoms with E-state index in [1.165, 1.54) is 10.8 Å². The highest BCUT2D eigenvalue weighted by molar-refractivity contribution is 5.83. The lowest BCUT2D eigenvalue weighted by Gasteiger charge is -2.08. The standard InChI is InChI=1S/C16H15N3O/c17-19-16-9-12(7-8-18-16)11-20-15-6-5-13-3-1-2-4-14(13)10-15/h1-10H,11,17H2,(H,18,19). The van der Waals surface area contributed by atoms with Gasteiger partial charge in [-0.2, -0.15) is 0 Å². The van der Waals surface area contributed by atoms with Crippen LogP contribution >= 0.6 is 0 Å². The highest BCUT2D eigenvalue weighted by Crippen LogP contribution is 2.21. The Morgan fingerprint density at radius 2 is 1.85 bits per heavy atom. The molecule has 3 rings (SSSR count). The number of hydrazine groups is 1. The van der Waals surface area contributed by atoms with E-state index in [4.69, 9.17) is 10.6 Å². The van der Waals surface area contributed by atoms with Crippen molar-refractivity contribution in [3.05, 3.63) is 66.4 Å². The lowest BCUT2D eigenvalue weighted by Crippen LogP contribution is -2.09. The summed E-state index contributed by atoms with van der Waals surface area (Å²) in [5.41, 5.74) is 3.54. The topological polar surface area (TPSA) is 60.2 Å². The van der Waals surface area contributed by atoms with Crippen molar-refractivity contribution in [2.45, 2.75) is 6.61 Å². The van der Waals surface area contributed by atoms with Gasteiger partial charge in [-0.15, -0.1) is 0 Å². The van der Waals surface area contributed by atoms with Gasteiger partial charge in [-0.3, -0.25) is 0 Å². The first kappa shape index (κ1) is 12.4. The molecule has 20 heavy (non-hydrogen) atoms. The van der Waals surface area contributed by atoms with Gasteiger partial charge in [0, 0.05) is 6.20 Å². The van der Waals surface area contributed by atoms with Crippen molar-refractivity contribution in [2.75, 3.05) is 5.43 Å². The first-order valence-electron chi connectivity index (χ1n) is 6.38. The van der Waals surface area contributed by atoms with Crippen molar-refractivity contribution < 1.29 is 4.74 Å². The molecule has 0 fully saturated rings. The molecular weight excluding hydrogens is 250 g/mol. The number of hydrogen-bond acceptors (Lipinski definition) is 4. The Balaban J connectivity index is 1.76. The van der Waals surface area contributed by atoms with E-state index in [1.54, 1.807) is 6.20 Å². The average Bonchev–Trinajstić information content (AvgIpc) is 2.53. The molecule has 0 saturated heterocycles. The fraction of sp³-hybridized carbons (Fsp3) is 0.0625. The molecule has 2 aromatic carbocycles. The predicted octanol–water partition coefficient (Wildman–Crippen LogP) is 3.10. The van der Waals surface area contributed by atoms with Crippen LogP contribution in [0.4, 0.5) is 5.82 Å². The molecule has 0 atom stereocenters. The largest absolute Gasteiger partial charge is 0.489 e. The molecule has 0 aliphatic heterocycles. The highest BCUT2D eigenvalue weighted by Gasteiger charge is 2.00. The number of benzene rings is 2. The molecule has 1 aromatic heterocycles. The fourth-order valence-electron chi connectivity index (χ4n) is 2.07. The zero-order valence-electron chi connectivity index (χ0n) is 10.9. The zero-order chi connectivity index (χ0) is 13.8. The number of nitrogens with zero attached hydrogens (tertiary/aromatic N) is 1. The van der Waals surface area contributed by atoms with E-state index in [1.807, 2.05) is 36.4 Å². The number of nitrogens with one attached hydrogen (secondary N) is 1. The Morgan fingerprint density at radius 1 is 1.00 bits per heavy atom. The highest BCUT2D eigenvalue weighted by atomic mass is 16.5. The number of hydrogen-bond donors (Lipinski definition) is 2. The van der Waals surface area contributed by atoms with Crippen LogP contribution in [-0.4, -0.2) is 4.98 Å². The molecule has 4 heteroatoms. The van der Waals surface area contributed by atoms with Crippen molar-refractivity contribution in [1.82, 2.24) is 4.98 Å². The molecule has 0 spiro atoms. The van der Waals surface area contributed by atoms with E-state index in [0.29, 0.717) is 12.4 Å². The monoisotopic (exact) mass is 265 g/mol. The summed E-state index contributed by atoms with van der Waals surface area (Å²) < 4.78 is 5.80. The van der Waals surface area contributed by atoms with Crippen LogP contribution in [0.1, 0.15) is 5.56 Å². The van der Waals surface area contributed by atoms with Gasteiger partial charge in [0.2, 0.25) is 0 Å². The normalized spacial score (nSPS) is 10.4. The molecule has 4 nitrogen and oxygen atoms in total. The number of fused-ring (bicyclic) bond motifs is 1. The van der Waals surface area contributed by atoms with Crippen molar-refractivity contribution in [1.29, 1.82) is 0 Å². The summed E-state index contributed by atoms with van der Waals surface area (Å²) >= 11 is 0. The number of anilines is 1. The lowest BCUT2D eigenvalue weighted by atomic mass is 10.1. The Kier molecular flexibility index (Phi) is 3.48. The van der Waals surface area contributed by atoms with E-state index in [0.717, 1.165) is 11.3 Å². The Morgan fingerprint density at radius 3 is 2.70 bits per heavy atom. The van der Waals surface area contributed by atoms with E-state index in [2.05, 4.69) is 28.6 Å². The average molecular weight is 265 g/mol. The lowest BCUT2D eigenvalue weighted by molar-refractivity contribution is 0.306. The van der Waals surface area contributed by atoms with Gasteiger partial charge in [0.05, 0.1) is 0 Å². The number of aromatic nitrogens is 1. The second-order valence-corrected chi connectivity index (χ2v) is 4.49. The van der Waals surface area contributed by atoms with Crippen molar-refractivity contribution in [2.24, 2.45) is 5.84 Å². The summed E-state index contributed by atoms with van der Waals surface area (Å²) in [6, 6.07) is 18.1. The van der Waals surface area contributed by atoms with Gasteiger partial charge in [-0.25, -0.2) is 10.8 Å². The van der Waals surface area contributed by atoms with E-state index in [9.17, 15) is 0 Å². The fourth-order valence-corrected chi connectivity index (χ4v) is 2.07. The quantitative estimate of drug-likeness (QED) is 0.562. The first-order chi connectivity index (χ1) is 9.85. The van der Waals surface area contributed by atoms with Crippen molar-refractivity contribution in [3.8, 4) is 5.75 Å². The first-order valence-corrected chi connectivity index (χ1v) is 6.38. The molecule has 100 valence electrons. The van der Waals surface area contributed by atoms with Crippen LogP contribution in [0.15, 0.2) is 60.8 Å². The number of rotatable bonds is 4. The van der Waals surface area contributed by atoms with Gasteiger partial charge >= 0.3 is 0 Å². The Hall–Kier alpha value is -2.59. The van der Waals surface area contributed by atoms with Crippen molar-refractivity contribution in [3.63, 3.8) is 0 Å². The van der Waals surface area contributed by atoms with Crippen LogP contribution in [0.3, 0.4) is 0 Å². The molecule has 1 heterocycles. The third-order valence-electron chi connectivity index (χ3n) is 3.10. The van der Waals surface area contributed by atoms with Gasteiger partial charge in [0.25, 0.3) is 0 Å². The maximum Gasteiger partial charge on any atom is 0.140 e. The minimum atomic E-state index is 0.482. The molecule has 0 unspecified atom stereocenters. The predicted molar refractivity (Wildman–Crippen MR) is 80.3 cm³/mol. The Bertz CT molecular complexity index is 727. The van der Waals surface area contributed by atoms with Crippen LogP contribution < -0.4 is 16.0 Å². The number of ether oxygens (including phenoxy) is 1. The van der Waals surface area contributed by atoms with Crippen LogP contribution in [-0.2, 0) is 6.61 Å². The third kappa shape index (κ3) is 2.70. The smallest absolute Gasteiger partial charge is 0.140 e. The second-order valence-electron chi connectivity index (χ2n) is 4.49. The van der Waals surface area contributed by atoms with Gasteiger partial charge < -0.3 is 10.2 Å². The summed E-state index contributed by atoms with van der Waals surface area (Å²) in [5, 5.41) is 2.38. The molecule has 3 aromatic rings. The molecule has 0 radical (unpaired) electrons. The van der Waals surface area contributed by atoms with Crippen molar-refractivity contribution >= 4 is 16.6 Å². The van der Waals surface area contributed by atoms with Crippen LogP contribution in [0.5, 0.6) is 5.75 Å². The summed E-state index contributed by atoms with van der Waals surface area (Å²) in [7, 11) is 0. The molecule has 0 aliphatic carbocycles. The van der Waals surface area contributed by atoms with Gasteiger partial charge in [-0.1, -0.05) is 30.3 Å². The van der Waals surface area contributed by atoms with E-state index in [-0.39, 0.29) is 0 Å². The van der Waals surface area contributed by atoms with Gasteiger partial charge in [0.15, 0.2) is 0 Å². The minimum Gasteiger partial charge on any atom is -0.489 e. The summed E-state index contributed by atoms with van der Waals surface area (Å²) in [6.45, 7) is 0.482. The number of pyridine rings is 1. The molecule has 0 amide bonds. The molecule has 3 N–H and O–H groups in total. The maximum atomic E-state index is 5.80. The second kappa shape index (κ2) is 5.59. The van der Waals surface area contributed by atoms with E-state index < -0.39 is 0 Å². The maximum absolute atomic E-state index is 5.80. The molecule has 0 aliphatic rings. The molecule has 0 saturated carbocycles. The number of nitrogen functional groups attached to an aromatic ring is 1. The summed E-state index contributed by atoms with van der Waals surface area (Å²) in [4.78, 5) is 4.06. The Labute approximate surface area is 117 Å². The number of nitrogens with two attached hydrogens (primary N) is 1. The van der Waals surface area contributed by atoms with Crippen LogP contribution in [0, 0.1) is 0 Å². The third-order valence-corrected chi connectivity index (χ3v) is 3.10. The van der Waals surface area contributed by atoms with Gasteiger partial charge in [0.1, 0.15) is 18.2 Å². The SMILES string of the molecule is NNc1cc(COc2ccc3ccccc3c2)ccn1. The summed E-state index contributed by atoms with van der Waals surface area (Å²) in [6.07, 6.45) is 1.70. The van der Waals surface area contributed by atoms with Gasteiger partial charge in [-0.05, 0) is 40.6 Å². The minimum absolute atomic E-state index is 0.482.